The van der Waals surface area contributed by atoms with E-state index in [-0.39, 0.29) is 29.4 Å². The normalized spacial score (nSPS) is 11.2. The van der Waals surface area contributed by atoms with Crippen LogP contribution in [-0.4, -0.2) is 38.5 Å². The van der Waals surface area contributed by atoms with Crippen LogP contribution in [0.1, 0.15) is 23.0 Å². The Hall–Kier alpha value is -3.43. The fourth-order valence-electron chi connectivity index (χ4n) is 2.02. The molecule has 132 valence electrons. The van der Waals surface area contributed by atoms with Crippen LogP contribution in [0, 0.1) is 17.0 Å². The van der Waals surface area contributed by atoms with E-state index in [0.29, 0.717) is 11.4 Å². The van der Waals surface area contributed by atoms with Crippen molar-refractivity contribution in [3.63, 3.8) is 0 Å². The molecule has 2 N–H and O–H groups in total. The fourth-order valence-corrected chi connectivity index (χ4v) is 2.02. The molecule has 0 atom stereocenters. The first kappa shape index (κ1) is 17.9. The number of aryl methyl sites for hydroxylation is 1. The Labute approximate surface area is 142 Å². The summed E-state index contributed by atoms with van der Waals surface area (Å²) in [5.41, 5.74) is 3.74. The Morgan fingerprint density at radius 3 is 2.80 bits per heavy atom. The number of aromatic nitrogens is 2. The smallest absolute Gasteiger partial charge is 0.390 e. The Bertz CT molecular complexity index is 843. The number of ether oxygens (including phenoxy) is 1. The summed E-state index contributed by atoms with van der Waals surface area (Å²) in [6.07, 6.45) is 0. The summed E-state index contributed by atoms with van der Waals surface area (Å²) < 4.78 is 6.37. The molecule has 0 radical (unpaired) electrons. The van der Waals surface area contributed by atoms with Gasteiger partial charge in [-0.05, 0) is 37.0 Å². The van der Waals surface area contributed by atoms with E-state index >= 15 is 0 Å². The van der Waals surface area contributed by atoms with Crippen LogP contribution in [0.25, 0.3) is 0 Å². The SMILES string of the molecule is COc1cc(C(=O)N/N=C(\C)Cn2nc([N+](=O)[O-])cc2C)ccc1O. The number of aromatic hydroxyl groups is 1. The number of hydrogen-bond donors (Lipinski definition) is 2. The highest BCUT2D eigenvalue weighted by Gasteiger charge is 2.16. The summed E-state index contributed by atoms with van der Waals surface area (Å²) in [7, 11) is 1.38. The monoisotopic (exact) mass is 347 g/mol. The van der Waals surface area contributed by atoms with Gasteiger partial charge in [-0.2, -0.15) is 9.78 Å². The summed E-state index contributed by atoms with van der Waals surface area (Å²) in [5.74, 6) is -0.631. The van der Waals surface area contributed by atoms with Gasteiger partial charge in [-0.15, -0.1) is 0 Å². The highest BCUT2D eigenvalue weighted by molar-refractivity contribution is 5.95. The molecule has 0 spiro atoms. The first-order valence-electron chi connectivity index (χ1n) is 7.21. The van der Waals surface area contributed by atoms with Gasteiger partial charge in [0.15, 0.2) is 11.5 Å². The molecule has 2 aromatic rings. The quantitative estimate of drug-likeness (QED) is 0.463. The van der Waals surface area contributed by atoms with E-state index < -0.39 is 10.8 Å². The standard InChI is InChI=1S/C15H17N5O5/c1-9(8-19-10(2)6-14(18-19)20(23)24)16-17-15(22)11-4-5-12(21)13(7-11)25-3/h4-7,21H,8H2,1-3H3,(H,17,22)/b16-9+. The number of hydrogen-bond acceptors (Lipinski definition) is 7. The molecule has 1 aromatic heterocycles. The summed E-state index contributed by atoms with van der Waals surface area (Å²) in [4.78, 5) is 22.2. The molecule has 10 nitrogen and oxygen atoms in total. The maximum Gasteiger partial charge on any atom is 0.390 e. The van der Waals surface area contributed by atoms with Crippen molar-refractivity contribution in [2.24, 2.45) is 5.10 Å². The number of rotatable bonds is 6. The molecular formula is C15H17N5O5. The molecule has 0 aliphatic heterocycles. The van der Waals surface area contributed by atoms with Crippen LogP contribution in [0.4, 0.5) is 5.82 Å². The van der Waals surface area contributed by atoms with Crippen LogP contribution in [0.15, 0.2) is 29.4 Å². The lowest BCUT2D eigenvalue weighted by Crippen LogP contribution is -2.21. The Balaban J connectivity index is 2.05. The third-order valence-electron chi connectivity index (χ3n) is 3.32. The van der Waals surface area contributed by atoms with Gasteiger partial charge in [0.2, 0.25) is 0 Å². The number of nitrogens with one attached hydrogen (secondary N) is 1. The molecule has 10 heteroatoms. The Kier molecular flexibility index (Phi) is 5.32. The van der Waals surface area contributed by atoms with Crippen LogP contribution < -0.4 is 10.2 Å². The van der Waals surface area contributed by atoms with Crippen molar-refractivity contribution in [1.29, 1.82) is 0 Å². The van der Waals surface area contributed by atoms with Crippen molar-refractivity contribution in [3.05, 3.63) is 45.6 Å². The molecular weight excluding hydrogens is 330 g/mol. The summed E-state index contributed by atoms with van der Waals surface area (Å²) in [6.45, 7) is 3.54. The molecule has 0 unspecified atom stereocenters. The number of methoxy groups -OCH3 is 1. The molecule has 0 aliphatic rings. The molecule has 2 rings (SSSR count). The predicted molar refractivity (Wildman–Crippen MR) is 88.9 cm³/mol. The van der Waals surface area contributed by atoms with Crippen molar-refractivity contribution in [1.82, 2.24) is 15.2 Å². The number of nitro groups is 1. The molecule has 1 heterocycles. The van der Waals surface area contributed by atoms with Gasteiger partial charge in [0.25, 0.3) is 5.91 Å². The van der Waals surface area contributed by atoms with Crippen LogP contribution in [0.5, 0.6) is 11.5 Å². The fraction of sp³-hybridized carbons (Fsp3) is 0.267. The maximum atomic E-state index is 12.1. The van der Waals surface area contributed by atoms with Crippen molar-refractivity contribution >= 4 is 17.4 Å². The minimum atomic E-state index is -0.573. The molecule has 25 heavy (non-hydrogen) atoms. The second-order valence-electron chi connectivity index (χ2n) is 5.23. The van der Waals surface area contributed by atoms with Gasteiger partial charge in [0.1, 0.15) is 6.54 Å². The second-order valence-corrected chi connectivity index (χ2v) is 5.23. The van der Waals surface area contributed by atoms with Gasteiger partial charge in [0.05, 0.1) is 29.7 Å². The zero-order valence-corrected chi connectivity index (χ0v) is 13.9. The van der Waals surface area contributed by atoms with E-state index in [1.165, 1.54) is 36.1 Å². The van der Waals surface area contributed by atoms with Crippen LogP contribution >= 0.6 is 0 Å². The largest absolute Gasteiger partial charge is 0.504 e. The number of hydrazone groups is 1. The van der Waals surface area contributed by atoms with E-state index in [0.717, 1.165) is 0 Å². The zero-order chi connectivity index (χ0) is 18.6. The summed E-state index contributed by atoms with van der Waals surface area (Å²) in [5, 5.41) is 28.0. The number of amides is 1. The molecule has 0 bridgehead atoms. The average Bonchev–Trinajstić information content (AvgIpc) is 2.94. The first-order chi connectivity index (χ1) is 11.8. The average molecular weight is 347 g/mol. The minimum absolute atomic E-state index is 0.0746. The lowest BCUT2D eigenvalue weighted by atomic mass is 10.2. The first-order valence-corrected chi connectivity index (χ1v) is 7.21. The van der Waals surface area contributed by atoms with Crippen LogP contribution in [0.3, 0.4) is 0 Å². The Morgan fingerprint density at radius 2 is 2.20 bits per heavy atom. The van der Waals surface area contributed by atoms with Crippen molar-refractivity contribution < 1.29 is 19.6 Å². The van der Waals surface area contributed by atoms with Crippen molar-refractivity contribution in [2.75, 3.05) is 7.11 Å². The number of nitrogens with zero attached hydrogens (tertiary/aromatic N) is 4. The van der Waals surface area contributed by atoms with Gasteiger partial charge in [-0.1, -0.05) is 0 Å². The minimum Gasteiger partial charge on any atom is -0.504 e. The van der Waals surface area contributed by atoms with Gasteiger partial charge in [-0.25, -0.2) is 5.43 Å². The van der Waals surface area contributed by atoms with Gasteiger partial charge < -0.3 is 20.0 Å². The highest BCUT2D eigenvalue weighted by Crippen LogP contribution is 2.26. The Morgan fingerprint density at radius 1 is 1.48 bits per heavy atom. The van der Waals surface area contributed by atoms with Crippen molar-refractivity contribution in [3.8, 4) is 11.5 Å². The number of benzene rings is 1. The van der Waals surface area contributed by atoms with Gasteiger partial charge >= 0.3 is 5.82 Å². The lowest BCUT2D eigenvalue weighted by Gasteiger charge is -2.06. The van der Waals surface area contributed by atoms with Crippen LogP contribution in [-0.2, 0) is 6.54 Å². The third-order valence-corrected chi connectivity index (χ3v) is 3.32. The topological polar surface area (TPSA) is 132 Å². The molecule has 0 saturated carbocycles. The lowest BCUT2D eigenvalue weighted by molar-refractivity contribution is -0.389. The second kappa shape index (κ2) is 7.43. The molecule has 0 saturated heterocycles. The summed E-state index contributed by atoms with van der Waals surface area (Å²) >= 11 is 0. The molecule has 0 fully saturated rings. The van der Waals surface area contributed by atoms with E-state index in [9.17, 15) is 20.0 Å². The van der Waals surface area contributed by atoms with Gasteiger partial charge in [0, 0.05) is 5.56 Å². The van der Waals surface area contributed by atoms with E-state index in [1.54, 1.807) is 13.8 Å². The number of phenolic OH excluding ortho intramolecular Hbond substituents is 1. The van der Waals surface area contributed by atoms with Gasteiger partial charge in [-0.3, -0.25) is 4.79 Å². The number of phenols is 1. The molecule has 1 amide bonds. The summed E-state index contributed by atoms with van der Waals surface area (Å²) in [6, 6.07) is 5.51. The highest BCUT2D eigenvalue weighted by atomic mass is 16.6. The van der Waals surface area contributed by atoms with Crippen molar-refractivity contribution in [2.45, 2.75) is 20.4 Å². The maximum absolute atomic E-state index is 12.1. The van der Waals surface area contributed by atoms with E-state index in [1.807, 2.05) is 0 Å². The molecule has 0 aliphatic carbocycles. The zero-order valence-electron chi connectivity index (χ0n) is 13.9. The van der Waals surface area contributed by atoms with E-state index in [4.69, 9.17) is 4.74 Å². The molecule has 1 aromatic carbocycles. The van der Waals surface area contributed by atoms with Crippen LogP contribution in [0.2, 0.25) is 0 Å². The third kappa shape index (κ3) is 4.31. The number of carbonyl (C=O) groups is 1. The predicted octanol–water partition coefficient (Wildman–Crippen LogP) is 1.62. The number of carbonyl (C=O) groups excluding carboxylic acids is 1. The van der Waals surface area contributed by atoms with E-state index in [2.05, 4.69) is 15.6 Å².